The van der Waals surface area contributed by atoms with Crippen LogP contribution in [0.15, 0.2) is 24.3 Å². The fraction of sp³-hybridized carbons (Fsp3) is 0.571. The van der Waals surface area contributed by atoms with Crippen molar-refractivity contribution < 1.29 is 0 Å². The molecule has 0 fully saturated rings. The molecular formula is C14H24N2. The van der Waals surface area contributed by atoms with Gasteiger partial charge in [-0.25, -0.2) is 0 Å². The fourth-order valence-electron chi connectivity index (χ4n) is 1.81. The molecule has 0 radical (unpaired) electrons. The molecule has 0 spiro atoms. The molecule has 1 aromatic rings. The molecular weight excluding hydrogens is 196 g/mol. The van der Waals surface area contributed by atoms with E-state index in [1.807, 2.05) is 12.1 Å². The van der Waals surface area contributed by atoms with E-state index >= 15 is 0 Å². The van der Waals surface area contributed by atoms with Crippen LogP contribution < -0.4 is 10.6 Å². The molecule has 0 atom stereocenters. The highest BCUT2D eigenvalue weighted by atomic mass is 15.1. The lowest BCUT2D eigenvalue weighted by Crippen LogP contribution is -2.27. The van der Waals surface area contributed by atoms with E-state index in [2.05, 4.69) is 37.8 Å². The fourth-order valence-corrected chi connectivity index (χ4v) is 1.81. The lowest BCUT2D eigenvalue weighted by Gasteiger charge is -2.26. The van der Waals surface area contributed by atoms with Crippen molar-refractivity contribution in [3.05, 3.63) is 24.3 Å². The Kier molecular flexibility index (Phi) is 5.17. The first-order valence-corrected chi connectivity index (χ1v) is 6.24. The third-order valence-electron chi connectivity index (χ3n) is 2.75. The zero-order valence-corrected chi connectivity index (χ0v) is 10.7. The van der Waals surface area contributed by atoms with Gasteiger partial charge in [-0.05, 0) is 30.9 Å². The van der Waals surface area contributed by atoms with Gasteiger partial charge in [-0.2, -0.15) is 0 Å². The molecule has 0 amide bonds. The van der Waals surface area contributed by atoms with Crippen LogP contribution in [0.1, 0.15) is 33.6 Å². The SMILES string of the molecule is CCCN(CCC(C)C)c1ccccc1N. The minimum Gasteiger partial charge on any atom is -0.397 e. The Morgan fingerprint density at radius 3 is 2.44 bits per heavy atom. The van der Waals surface area contributed by atoms with Gasteiger partial charge in [0.25, 0.3) is 0 Å². The zero-order chi connectivity index (χ0) is 12.0. The van der Waals surface area contributed by atoms with Crippen molar-refractivity contribution in [1.82, 2.24) is 0 Å². The maximum Gasteiger partial charge on any atom is 0.0599 e. The molecule has 90 valence electrons. The summed E-state index contributed by atoms with van der Waals surface area (Å²) in [6.07, 6.45) is 2.38. The molecule has 0 saturated carbocycles. The Morgan fingerprint density at radius 1 is 1.19 bits per heavy atom. The number of anilines is 2. The Morgan fingerprint density at radius 2 is 1.88 bits per heavy atom. The van der Waals surface area contributed by atoms with E-state index in [0.29, 0.717) is 0 Å². The lowest BCUT2D eigenvalue weighted by molar-refractivity contribution is 0.571. The molecule has 0 unspecified atom stereocenters. The monoisotopic (exact) mass is 220 g/mol. The van der Waals surface area contributed by atoms with Gasteiger partial charge in [0.05, 0.1) is 11.4 Å². The second-order valence-corrected chi connectivity index (χ2v) is 4.73. The number of nitrogens with zero attached hydrogens (tertiary/aromatic N) is 1. The average Bonchev–Trinajstić information content (AvgIpc) is 2.25. The van der Waals surface area contributed by atoms with Crippen molar-refractivity contribution in [2.45, 2.75) is 33.6 Å². The molecule has 2 nitrogen and oxygen atoms in total. The predicted molar refractivity (Wildman–Crippen MR) is 72.8 cm³/mol. The zero-order valence-electron chi connectivity index (χ0n) is 10.7. The quantitative estimate of drug-likeness (QED) is 0.743. The summed E-state index contributed by atoms with van der Waals surface area (Å²) in [6, 6.07) is 8.15. The lowest BCUT2D eigenvalue weighted by atomic mass is 10.1. The number of nitrogens with two attached hydrogens (primary N) is 1. The van der Waals surface area contributed by atoms with E-state index in [1.54, 1.807) is 0 Å². The number of rotatable bonds is 6. The van der Waals surface area contributed by atoms with Gasteiger partial charge in [-0.3, -0.25) is 0 Å². The summed E-state index contributed by atoms with van der Waals surface area (Å²) in [5, 5.41) is 0. The highest BCUT2D eigenvalue weighted by Gasteiger charge is 2.08. The summed E-state index contributed by atoms with van der Waals surface area (Å²) < 4.78 is 0. The maximum absolute atomic E-state index is 6.02. The minimum atomic E-state index is 0.740. The van der Waals surface area contributed by atoms with Crippen LogP contribution in [-0.2, 0) is 0 Å². The van der Waals surface area contributed by atoms with E-state index < -0.39 is 0 Å². The summed E-state index contributed by atoms with van der Waals surface area (Å²) >= 11 is 0. The Labute approximate surface area is 99.5 Å². The standard InChI is InChI=1S/C14H24N2/c1-4-10-16(11-9-12(2)3)14-8-6-5-7-13(14)15/h5-8,12H,4,9-11,15H2,1-3H3. The van der Waals surface area contributed by atoms with Gasteiger partial charge in [0.15, 0.2) is 0 Å². The molecule has 1 rings (SSSR count). The molecule has 0 saturated heterocycles. The first-order valence-electron chi connectivity index (χ1n) is 6.24. The van der Waals surface area contributed by atoms with Gasteiger partial charge >= 0.3 is 0 Å². The van der Waals surface area contributed by atoms with E-state index in [4.69, 9.17) is 5.73 Å². The second kappa shape index (κ2) is 6.41. The molecule has 0 aromatic heterocycles. The number of hydrogen-bond donors (Lipinski definition) is 1. The van der Waals surface area contributed by atoms with Crippen LogP contribution in [0.2, 0.25) is 0 Å². The molecule has 0 heterocycles. The largest absolute Gasteiger partial charge is 0.397 e. The minimum absolute atomic E-state index is 0.740. The topological polar surface area (TPSA) is 29.3 Å². The van der Waals surface area contributed by atoms with Crippen LogP contribution in [0.4, 0.5) is 11.4 Å². The van der Waals surface area contributed by atoms with Crippen molar-refractivity contribution in [3.63, 3.8) is 0 Å². The first kappa shape index (κ1) is 12.9. The number of nitrogen functional groups attached to an aromatic ring is 1. The van der Waals surface area contributed by atoms with Crippen molar-refractivity contribution in [2.75, 3.05) is 23.7 Å². The Balaban J connectivity index is 2.73. The summed E-state index contributed by atoms with van der Waals surface area (Å²) in [4.78, 5) is 2.40. The van der Waals surface area contributed by atoms with Crippen molar-refractivity contribution in [1.29, 1.82) is 0 Å². The average molecular weight is 220 g/mol. The van der Waals surface area contributed by atoms with Crippen molar-refractivity contribution in [3.8, 4) is 0 Å². The summed E-state index contributed by atoms with van der Waals surface area (Å²) in [5.41, 5.74) is 8.09. The van der Waals surface area contributed by atoms with Gasteiger partial charge in [0, 0.05) is 13.1 Å². The maximum atomic E-state index is 6.02. The van der Waals surface area contributed by atoms with Crippen molar-refractivity contribution in [2.24, 2.45) is 5.92 Å². The third kappa shape index (κ3) is 3.76. The van der Waals surface area contributed by atoms with Crippen LogP contribution in [0, 0.1) is 5.92 Å². The van der Waals surface area contributed by atoms with Gasteiger partial charge in [0.2, 0.25) is 0 Å². The molecule has 16 heavy (non-hydrogen) atoms. The Hall–Kier alpha value is -1.18. The van der Waals surface area contributed by atoms with Crippen LogP contribution in [0.5, 0.6) is 0 Å². The highest BCUT2D eigenvalue weighted by molar-refractivity contribution is 5.67. The second-order valence-electron chi connectivity index (χ2n) is 4.73. The summed E-state index contributed by atoms with van der Waals surface area (Å²) in [7, 11) is 0. The number of hydrogen-bond acceptors (Lipinski definition) is 2. The highest BCUT2D eigenvalue weighted by Crippen LogP contribution is 2.23. The van der Waals surface area contributed by atoms with Crippen LogP contribution in [-0.4, -0.2) is 13.1 Å². The number of para-hydroxylation sites is 2. The van der Waals surface area contributed by atoms with Crippen LogP contribution in [0.3, 0.4) is 0 Å². The van der Waals surface area contributed by atoms with E-state index in [0.717, 1.165) is 31.1 Å². The normalized spacial score (nSPS) is 10.8. The van der Waals surface area contributed by atoms with Gasteiger partial charge in [-0.15, -0.1) is 0 Å². The molecule has 0 aliphatic heterocycles. The molecule has 1 aromatic carbocycles. The molecule has 2 heteroatoms. The smallest absolute Gasteiger partial charge is 0.0599 e. The predicted octanol–water partition coefficient (Wildman–Crippen LogP) is 3.53. The van der Waals surface area contributed by atoms with Gasteiger partial charge in [0.1, 0.15) is 0 Å². The summed E-state index contributed by atoms with van der Waals surface area (Å²) in [6.45, 7) is 8.92. The van der Waals surface area contributed by atoms with Crippen LogP contribution in [0.25, 0.3) is 0 Å². The van der Waals surface area contributed by atoms with Gasteiger partial charge in [-0.1, -0.05) is 32.9 Å². The molecule has 0 aliphatic carbocycles. The molecule has 0 aliphatic rings. The number of benzene rings is 1. The van der Waals surface area contributed by atoms with E-state index in [1.165, 1.54) is 12.1 Å². The van der Waals surface area contributed by atoms with Gasteiger partial charge < -0.3 is 10.6 Å². The van der Waals surface area contributed by atoms with Crippen LogP contribution >= 0.6 is 0 Å². The first-order chi connectivity index (χ1) is 7.65. The van der Waals surface area contributed by atoms with E-state index in [-0.39, 0.29) is 0 Å². The molecule has 0 bridgehead atoms. The van der Waals surface area contributed by atoms with Crippen molar-refractivity contribution >= 4 is 11.4 Å². The summed E-state index contributed by atoms with van der Waals surface area (Å²) in [5.74, 6) is 0.740. The Bertz CT molecular complexity index is 307. The third-order valence-corrected chi connectivity index (χ3v) is 2.75. The van der Waals surface area contributed by atoms with E-state index in [9.17, 15) is 0 Å². The molecule has 2 N–H and O–H groups in total.